The fourth-order valence-electron chi connectivity index (χ4n) is 2.26. The maximum absolute atomic E-state index is 12.9. The van der Waals surface area contributed by atoms with E-state index in [0.717, 1.165) is 11.1 Å². The van der Waals surface area contributed by atoms with E-state index in [9.17, 15) is 18.9 Å². The van der Waals surface area contributed by atoms with Crippen LogP contribution in [-0.4, -0.2) is 28.4 Å². The molecule has 2 aromatic carbocycles. The summed E-state index contributed by atoms with van der Waals surface area (Å²) < 4.78 is 35.1. The average molecular weight is 384 g/mol. The minimum absolute atomic E-state index is 0.227. The zero-order chi connectivity index (χ0) is 18.2. The standard InChI is InChI=1S/C17H22O6P2/c18-24(15-25(19,20)21,13-22-11-16-7-3-1-4-8-16)14-23-12-17-9-5-2-6-10-17/h1-10H,11-15H2,(H2,19,20,21). The Labute approximate surface area is 147 Å². The van der Waals surface area contributed by atoms with E-state index in [-0.39, 0.29) is 25.9 Å². The van der Waals surface area contributed by atoms with Gasteiger partial charge in [0, 0.05) is 0 Å². The monoisotopic (exact) mass is 384 g/mol. The highest BCUT2D eigenvalue weighted by atomic mass is 31.2. The topological polar surface area (TPSA) is 93.1 Å². The van der Waals surface area contributed by atoms with Crippen LogP contribution in [0.1, 0.15) is 11.1 Å². The van der Waals surface area contributed by atoms with E-state index < -0.39 is 20.6 Å². The van der Waals surface area contributed by atoms with Gasteiger partial charge in [0.2, 0.25) is 0 Å². The number of ether oxygens (including phenoxy) is 2. The molecule has 0 aromatic heterocycles. The first-order chi connectivity index (χ1) is 11.9. The van der Waals surface area contributed by atoms with Crippen molar-refractivity contribution < 1.29 is 28.4 Å². The molecule has 0 aliphatic carbocycles. The first kappa shape index (κ1) is 20.1. The van der Waals surface area contributed by atoms with Crippen LogP contribution in [0, 0.1) is 0 Å². The Hall–Kier alpha value is -1.26. The lowest BCUT2D eigenvalue weighted by Gasteiger charge is -2.19. The Kier molecular flexibility index (Phi) is 7.57. The molecule has 25 heavy (non-hydrogen) atoms. The molecular formula is C17H22O6P2. The normalized spacial score (nSPS) is 12.2. The van der Waals surface area contributed by atoms with E-state index in [4.69, 9.17) is 9.47 Å². The Morgan fingerprint density at radius 1 is 0.720 bits per heavy atom. The highest BCUT2D eigenvalue weighted by Crippen LogP contribution is 2.57. The minimum Gasteiger partial charge on any atom is -0.369 e. The number of hydrogen-bond acceptors (Lipinski definition) is 4. The number of rotatable bonds is 10. The summed E-state index contributed by atoms with van der Waals surface area (Å²) in [6.45, 7) is 0.454. The van der Waals surface area contributed by atoms with Crippen LogP contribution in [0.25, 0.3) is 0 Å². The van der Waals surface area contributed by atoms with Crippen molar-refractivity contribution in [1.82, 2.24) is 0 Å². The maximum Gasteiger partial charge on any atom is 0.333 e. The summed E-state index contributed by atoms with van der Waals surface area (Å²) in [4.78, 5) is 18.4. The van der Waals surface area contributed by atoms with Crippen molar-refractivity contribution in [1.29, 1.82) is 0 Å². The summed E-state index contributed by atoms with van der Waals surface area (Å²) in [6.07, 6.45) is -0.469. The predicted octanol–water partition coefficient (Wildman–Crippen LogP) is 3.83. The summed E-state index contributed by atoms with van der Waals surface area (Å²) >= 11 is 0. The highest BCUT2D eigenvalue weighted by Gasteiger charge is 2.32. The van der Waals surface area contributed by atoms with Gasteiger partial charge < -0.3 is 23.8 Å². The van der Waals surface area contributed by atoms with Crippen molar-refractivity contribution in [2.75, 3.05) is 18.6 Å². The van der Waals surface area contributed by atoms with E-state index in [1.165, 1.54) is 0 Å². The van der Waals surface area contributed by atoms with Crippen molar-refractivity contribution >= 4 is 14.7 Å². The Bertz CT molecular complexity index is 680. The summed E-state index contributed by atoms with van der Waals surface area (Å²) in [6, 6.07) is 18.6. The van der Waals surface area contributed by atoms with Crippen molar-refractivity contribution in [2.45, 2.75) is 13.2 Å². The summed E-state index contributed by atoms with van der Waals surface area (Å²) in [5.41, 5.74) is 1.80. The van der Waals surface area contributed by atoms with Gasteiger partial charge in [-0.15, -0.1) is 0 Å². The lowest BCUT2D eigenvalue weighted by Crippen LogP contribution is -2.07. The molecule has 0 radical (unpaired) electrons. The molecule has 136 valence electrons. The van der Waals surface area contributed by atoms with Crippen LogP contribution >= 0.6 is 14.7 Å². The quantitative estimate of drug-likeness (QED) is 0.605. The molecule has 2 rings (SSSR count). The summed E-state index contributed by atoms with van der Waals surface area (Å²) in [7, 11) is -7.76. The predicted molar refractivity (Wildman–Crippen MR) is 96.7 cm³/mol. The van der Waals surface area contributed by atoms with E-state index >= 15 is 0 Å². The second kappa shape index (κ2) is 9.44. The highest BCUT2D eigenvalue weighted by molar-refractivity contribution is 7.75. The van der Waals surface area contributed by atoms with Crippen LogP contribution < -0.4 is 0 Å². The summed E-state index contributed by atoms with van der Waals surface area (Å²) in [5, 5.41) is 0. The van der Waals surface area contributed by atoms with Gasteiger partial charge in [0.05, 0.1) is 13.2 Å². The number of benzene rings is 2. The molecule has 0 unspecified atom stereocenters. The van der Waals surface area contributed by atoms with E-state index in [0.29, 0.717) is 0 Å². The molecule has 0 heterocycles. The fraction of sp³-hybridized carbons (Fsp3) is 0.294. The SMILES string of the molecule is O=P(O)(O)CP(=O)(COCc1ccccc1)COCc1ccccc1. The Morgan fingerprint density at radius 3 is 1.48 bits per heavy atom. The van der Waals surface area contributed by atoms with Gasteiger partial charge in [-0.05, 0) is 11.1 Å². The number of hydrogen-bond donors (Lipinski definition) is 2. The second-order valence-corrected chi connectivity index (χ2v) is 10.9. The Balaban J connectivity index is 1.90. The van der Waals surface area contributed by atoms with Crippen LogP contribution in [0.3, 0.4) is 0 Å². The van der Waals surface area contributed by atoms with Crippen LogP contribution in [0.15, 0.2) is 60.7 Å². The molecule has 0 saturated carbocycles. The molecule has 8 heteroatoms. The van der Waals surface area contributed by atoms with E-state index in [1.54, 1.807) is 0 Å². The van der Waals surface area contributed by atoms with Gasteiger partial charge in [-0.2, -0.15) is 0 Å². The largest absolute Gasteiger partial charge is 0.369 e. The molecule has 0 saturated heterocycles. The molecule has 0 amide bonds. The van der Waals surface area contributed by atoms with Gasteiger partial charge in [0.15, 0.2) is 0 Å². The van der Waals surface area contributed by atoms with Crippen molar-refractivity contribution in [3.05, 3.63) is 71.8 Å². The van der Waals surface area contributed by atoms with Gasteiger partial charge >= 0.3 is 7.60 Å². The van der Waals surface area contributed by atoms with Gasteiger partial charge in [-0.25, -0.2) is 0 Å². The van der Waals surface area contributed by atoms with Crippen LogP contribution in [-0.2, 0) is 31.8 Å². The van der Waals surface area contributed by atoms with Crippen LogP contribution in [0.5, 0.6) is 0 Å². The molecule has 0 fully saturated rings. The maximum atomic E-state index is 12.9. The first-order valence-corrected chi connectivity index (χ1v) is 11.8. The molecule has 0 aliphatic heterocycles. The third kappa shape index (κ3) is 8.10. The van der Waals surface area contributed by atoms with Crippen molar-refractivity contribution in [3.63, 3.8) is 0 Å². The van der Waals surface area contributed by atoms with Crippen molar-refractivity contribution in [2.24, 2.45) is 0 Å². The smallest absolute Gasteiger partial charge is 0.333 e. The van der Waals surface area contributed by atoms with Crippen LogP contribution in [0.4, 0.5) is 0 Å². The molecule has 6 nitrogen and oxygen atoms in total. The van der Waals surface area contributed by atoms with Gasteiger partial charge in [0.1, 0.15) is 25.7 Å². The van der Waals surface area contributed by atoms with Crippen molar-refractivity contribution in [3.8, 4) is 0 Å². The van der Waals surface area contributed by atoms with Crippen LogP contribution in [0.2, 0.25) is 0 Å². The molecule has 2 aromatic rings. The third-order valence-electron chi connectivity index (χ3n) is 3.32. The molecule has 0 aliphatic rings. The third-order valence-corrected chi connectivity index (χ3v) is 8.16. The van der Waals surface area contributed by atoms with Gasteiger partial charge in [0.25, 0.3) is 0 Å². The van der Waals surface area contributed by atoms with Gasteiger partial charge in [-0.3, -0.25) is 4.57 Å². The average Bonchev–Trinajstić information content (AvgIpc) is 2.55. The zero-order valence-corrected chi connectivity index (χ0v) is 15.5. The molecule has 0 spiro atoms. The molecule has 0 bridgehead atoms. The lowest BCUT2D eigenvalue weighted by molar-refractivity contribution is 0.141. The lowest BCUT2D eigenvalue weighted by atomic mass is 10.2. The minimum atomic E-state index is -4.43. The zero-order valence-electron chi connectivity index (χ0n) is 13.7. The summed E-state index contributed by atoms with van der Waals surface area (Å²) in [5.74, 6) is -0.719. The molecular weight excluding hydrogens is 362 g/mol. The first-order valence-electron chi connectivity index (χ1n) is 7.71. The Morgan fingerprint density at radius 2 is 1.12 bits per heavy atom. The second-order valence-electron chi connectivity index (χ2n) is 5.79. The molecule has 2 N–H and O–H groups in total. The van der Waals surface area contributed by atoms with Gasteiger partial charge in [-0.1, -0.05) is 60.7 Å². The molecule has 0 atom stereocenters. The fourth-order valence-corrected chi connectivity index (χ4v) is 6.52. The van der Waals surface area contributed by atoms with E-state index in [2.05, 4.69) is 0 Å². The van der Waals surface area contributed by atoms with E-state index in [1.807, 2.05) is 60.7 Å².